The van der Waals surface area contributed by atoms with Crippen LogP contribution in [0.2, 0.25) is 0 Å². The van der Waals surface area contributed by atoms with Crippen LogP contribution >= 0.6 is 0 Å². The van der Waals surface area contributed by atoms with Gasteiger partial charge in [-0.15, -0.1) is 0 Å². The summed E-state index contributed by atoms with van der Waals surface area (Å²) in [7, 11) is 0. The number of carbonyl (C=O) groups is 1. The number of benzene rings is 1. The topological polar surface area (TPSA) is 85.0 Å². The van der Waals surface area contributed by atoms with E-state index in [0.29, 0.717) is 27.8 Å². The highest BCUT2D eigenvalue weighted by Gasteiger charge is 2.31. The largest absolute Gasteiger partial charge is 0.417 e. The van der Waals surface area contributed by atoms with Crippen LogP contribution in [0.25, 0.3) is 10.9 Å². The first-order valence-corrected chi connectivity index (χ1v) is 10.6. The standard InChI is InChI=1S/C25H21F4N5O/c1-14-9-18-10-17(3-6-21(18)33-23(14)30)24(35)34(15(2)16-7-8-31-22(26)11-16)13-20-5-4-19(12-32-20)25(27,28)29/h3-12,15H,13H2,1-2H3,(H2,30,33)/t15-/m1/s1. The molecule has 0 aliphatic rings. The van der Waals surface area contributed by atoms with Crippen molar-refractivity contribution in [2.75, 3.05) is 5.73 Å². The smallest absolute Gasteiger partial charge is 0.383 e. The molecule has 0 saturated carbocycles. The third kappa shape index (κ3) is 5.21. The fourth-order valence-corrected chi connectivity index (χ4v) is 3.70. The lowest BCUT2D eigenvalue weighted by Crippen LogP contribution is -2.33. The van der Waals surface area contributed by atoms with Gasteiger partial charge in [0.2, 0.25) is 5.95 Å². The van der Waals surface area contributed by atoms with Crippen LogP contribution in [0.1, 0.15) is 45.7 Å². The average Bonchev–Trinajstić information content (AvgIpc) is 2.82. The molecule has 180 valence electrons. The predicted octanol–water partition coefficient (Wildman–Crippen LogP) is 5.48. The minimum atomic E-state index is -4.52. The highest BCUT2D eigenvalue weighted by Crippen LogP contribution is 2.30. The molecule has 0 radical (unpaired) electrons. The number of carbonyl (C=O) groups excluding carboxylic acids is 1. The van der Waals surface area contributed by atoms with Crippen molar-refractivity contribution in [3.8, 4) is 0 Å². The van der Waals surface area contributed by atoms with E-state index in [-0.39, 0.29) is 12.2 Å². The molecule has 0 unspecified atom stereocenters. The number of amides is 1. The number of pyridine rings is 3. The molecule has 2 N–H and O–H groups in total. The number of aromatic nitrogens is 3. The molecule has 0 saturated heterocycles. The van der Waals surface area contributed by atoms with Crippen LogP contribution in [0.4, 0.5) is 23.4 Å². The number of rotatable bonds is 5. The highest BCUT2D eigenvalue weighted by atomic mass is 19.4. The van der Waals surface area contributed by atoms with Crippen molar-refractivity contribution in [3.63, 3.8) is 0 Å². The van der Waals surface area contributed by atoms with Gasteiger partial charge in [-0.05, 0) is 73.5 Å². The van der Waals surface area contributed by atoms with Crippen molar-refractivity contribution < 1.29 is 22.4 Å². The zero-order chi connectivity index (χ0) is 25.3. The second-order valence-electron chi connectivity index (χ2n) is 8.15. The second kappa shape index (κ2) is 9.28. The Bertz CT molecular complexity index is 1390. The number of halogens is 4. The van der Waals surface area contributed by atoms with E-state index in [4.69, 9.17) is 5.73 Å². The van der Waals surface area contributed by atoms with Gasteiger partial charge in [0.05, 0.1) is 29.4 Å². The van der Waals surface area contributed by atoms with Crippen LogP contribution < -0.4 is 5.73 Å². The summed E-state index contributed by atoms with van der Waals surface area (Å²) in [6, 6.07) is 11.0. The molecular weight excluding hydrogens is 462 g/mol. The summed E-state index contributed by atoms with van der Waals surface area (Å²) in [4.78, 5) is 26.8. The van der Waals surface area contributed by atoms with Gasteiger partial charge >= 0.3 is 6.18 Å². The number of aryl methyl sites for hydroxylation is 1. The molecule has 4 aromatic rings. The number of hydrogen-bond acceptors (Lipinski definition) is 5. The third-order valence-electron chi connectivity index (χ3n) is 5.74. The molecule has 3 aromatic heterocycles. The summed E-state index contributed by atoms with van der Waals surface area (Å²) >= 11 is 0. The van der Waals surface area contributed by atoms with Gasteiger partial charge in [-0.2, -0.15) is 17.6 Å². The number of nitrogens with zero attached hydrogens (tertiary/aromatic N) is 4. The highest BCUT2D eigenvalue weighted by molar-refractivity contribution is 5.98. The van der Waals surface area contributed by atoms with Crippen molar-refractivity contribution >= 4 is 22.6 Å². The van der Waals surface area contributed by atoms with E-state index in [2.05, 4.69) is 15.0 Å². The summed E-state index contributed by atoms with van der Waals surface area (Å²) in [6.45, 7) is 3.41. The van der Waals surface area contributed by atoms with E-state index in [9.17, 15) is 22.4 Å². The first kappa shape index (κ1) is 24.1. The SMILES string of the molecule is Cc1cc2cc(C(=O)N(Cc3ccc(C(F)(F)F)cn3)[C@H](C)c3ccnc(F)c3)ccc2nc1N. The quantitative estimate of drug-likeness (QED) is 0.300. The molecule has 0 aliphatic carbocycles. The van der Waals surface area contributed by atoms with Crippen LogP contribution in [-0.4, -0.2) is 25.8 Å². The van der Waals surface area contributed by atoms with E-state index in [1.165, 1.54) is 23.2 Å². The Labute approximate surface area is 198 Å². The molecular formula is C25H21F4N5O. The monoisotopic (exact) mass is 483 g/mol. The molecule has 3 heterocycles. The molecule has 4 rings (SSSR count). The van der Waals surface area contributed by atoms with Crippen molar-refractivity contribution in [3.05, 3.63) is 94.8 Å². The maximum Gasteiger partial charge on any atom is 0.417 e. The van der Waals surface area contributed by atoms with Crippen LogP contribution in [0, 0.1) is 12.9 Å². The second-order valence-corrected chi connectivity index (χ2v) is 8.15. The van der Waals surface area contributed by atoms with Crippen LogP contribution in [0.15, 0.2) is 60.9 Å². The van der Waals surface area contributed by atoms with Gasteiger partial charge in [-0.1, -0.05) is 0 Å². The Morgan fingerprint density at radius 2 is 1.86 bits per heavy atom. The normalized spacial score (nSPS) is 12.5. The maximum atomic E-state index is 13.8. The van der Waals surface area contributed by atoms with Crippen LogP contribution in [-0.2, 0) is 12.7 Å². The predicted molar refractivity (Wildman–Crippen MR) is 123 cm³/mol. The molecule has 1 atom stereocenters. The van der Waals surface area contributed by atoms with Gasteiger partial charge in [0, 0.05) is 23.3 Å². The Kier molecular flexibility index (Phi) is 6.38. The molecule has 0 aliphatic heterocycles. The summed E-state index contributed by atoms with van der Waals surface area (Å²) in [6.07, 6.45) is -2.51. The lowest BCUT2D eigenvalue weighted by atomic mass is 10.0. The first-order valence-electron chi connectivity index (χ1n) is 10.6. The van der Waals surface area contributed by atoms with E-state index >= 15 is 0 Å². The lowest BCUT2D eigenvalue weighted by molar-refractivity contribution is -0.137. The fraction of sp³-hybridized carbons (Fsp3) is 0.200. The number of nitrogens with two attached hydrogens (primary N) is 1. The van der Waals surface area contributed by atoms with E-state index in [1.807, 2.05) is 6.07 Å². The van der Waals surface area contributed by atoms with Crippen molar-refractivity contribution in [1.82, 2.24) is 19.9 Å². The van der Waals surface area contributed by atoms with Gasteiger partial charge in [0.25, 0.3) is 5.91 Å². The van der Waals surface area contributed by atoms with E-state index in [1.54, 1.807) is 38.1 Å². The summed E-state index contributed by atoms with van der Waals surface area (Å²) in [5.74, 6) is -0.730. The Hall–Kier alpha value is -4.08. The number of alkyl halides is 3. The average molecular weight is 483 g/mol. The van der Waals surface area contributed by atoms with Gasteiger partial charge in [0.15, 0.2) is 0 Å². The summed E-state index contributed by atoms with van der Waals surface area (Å²) < 4.78 is 52.6. The Balaban J connectivity index is 1.72. The van der Waals surface area contributed by atoms with Crippen molar-refractivity contribution in [2.45, 2.75) is 32.6 Å². The third-order valence-corrected chi connectivity index (χ3v) is 5.74. The zero-order valence-corrected chi connectivity index (χ0v) is 18.8. The zero-order valence-electron chi connectivity index (χ0n) is 18.8. The Morgan fingerprint density at radius 1 is 1.09 bits per heavy atom. The van der Waals surface area contributed by atoms with E-state index in [0.717, 1.165) is 17.8 Å². The Morgan fingerprint density at radius 3 is 2.51 bits per heavy atom. The molecule has 10 heteroatoms. The van der Waals surface area contributed by atoms with Crippen molar-refractivity contribution in [1.29, 1.82) is 0 Å². The van der Waals surface area contributed by atoms with Crippen LogP contribution in [0.5, 0.6) is 0 Å². The minimum Gasteiger partial charge on any atom is -0.383 e. The molecule has 0 fully saturated rings. The van der Waals surface area contributed by atoms with Gasteiger partial charge < -0.3 is 10.6 Å². The van der Waals surface area contributed by atoms with Gasteiger partial charge in [-0.25, -0.2) is 9.97 Å². The molecule has 0 bridgehead atoms. The summed E-state index contributed by atoms with van der Waals surface area (Å²) in [5, 5.41) is 0.706. The van der Waals surface area contributed by atoms with Gasteiger partial charge in [-0.3, -0.25) is 9.78 Å². The molecule has 35 heavy (non-hydrogen) atoms. The summed E-state index contributed by atoms with van der Waals surface area (Å²) in [5.41, 5.74) is 7.41. The maximum absolute atomic E-state index is 13.8. The van der Waals surface area contributed by atoms with Gasteiger partial charge in [0.1, 0.15) is 5.82 Å². The van der Waals surface area contributed by atoms with Crippen LogP contribution in [0.3, 0.4) is 0 Å². The number of anilines is 1. The number of hydrogen-bond donors (Lipinski definition) is 1. The fourth-order valence-electron chi connectivity index (χ4n) is 3.70. The van der Waals surface area contributed by atoms with E-state index < -0.39 is 29.6 Å². The molecule has 0 spiro atoms. The lowest BCUT2D eigenvalue weighted by Gasteiger charge is -2.30. The van der Waals surface area contributed by atoms with Crippen molar-refractivity contribution in [2.24, 2.45) is 0 Å². The number of fused-ring (bicyclic) bond motifs is 1. The first-order chi connectivity index (χ1) is 16.5. The molecule has 1 aromatic carbocycles. The molecule has 6 nitrogen and oxygen atoms in total. The number of nitrogen functional groups attached to an aromatic ring is 1. The minimum absolute atomic E-state index is 0.0981. The molecule has 1 amide bonds.